The van der Waals surface area contributed by atoms with Crippen molar-refractivity contribution in [3.63, 3.8) is 0 Å². The van der Waals surface area contributed by atoms with Crippen molar-refractivity contribution in [3.8, 4) is 34.1 Å². The van der Waals surface area contributed by atoms with E-state index >= 15 is 0 Å². The fourth-order valence-electron chi connectivity index (χ4n) is 5.61. The third kappa shape index (κ3) is 10.1. The summed E-state index contributed by atoms with van der Waals surface area (Å²) in [5.74, 6) is 1.39. The number of fused-ring (bicyclic) bond motifs is 2. The molecule has 8 heteroatoms. The minimum atomic E-state index is -0.888. The van der Waals surface area contributed by atoms with Crippen LogP contribution in [0.15, 0.2) is 158 Å². The second-order valence-electron chi connectivity index (χ2n) is 12.8. The van der Waals surface area contributed by atoms with Crippen molar-refractivity contribution in [2.24, 2.45) is 0 Å². The number of ether oxygens (including phenoxy) is 6. The molecule has 8 nitrogen and oxygen atoms in total. The Hall–Kier alpha value is -6.54. The summed E-state index contributed by atoms with van der Waals surface area (Å²) >= 11 is 0. The van der Waals surface area contributed by atoms with Gasteiger partial charge in [-0.25, -0.2) is 9.59 Å². The average molecular weight is 723 g/mol. The molecular weight excluding hydrogens is 680 g/mol. The highest BCUT2D eigenvalue weighted by Gasteiger charge is 2.20. The topological polar surface area (TPSA) is 89.5 Å². The number of rotatable bonds is 17. The van der Waals surface area contributed by atoms with Crippen LogP contribution in [0.3, 0.4) is 0 Å². The molecule has 0 fully saturated rings. The molecule has 0 saturated carbocycles. The van der Waals surface area contributed by atoms with Crippen molar-refractivity contribution in [2.45, 2.75) is 39.3 Å². The number of esters is 2. The Labute approximate surface area is 315 Å². The van der Waals surface area contributed by atoms with E-state index in [0.29, 0.717) is 23.0 Å². The van der Waals surface area contributed by atoms with Crippen LogP contribution in [0, 0.1) is 0 Å². The van der Waals surface area contributed by atoms with Crippen molar-refractivity contribution in [3.05, 3.63) is 158 Å². The first-order chi connectivity index (χ1) is 26.2. The van der Waals surface area contributed by atoms with Gasteiger partial charge in [-0.05, 0) is 83.4 Å². The van der Waals surface area contributed by atoms with E-state index in [2.05, 4.69) is 13.2 Å². The van der Waals surface area contributed by atoms with Crippen LogP contribution >= 0.6 is 0 Å². The molecule has 0 aliphatic heterocycles. The number of para-hydroxylation sites is 1. The van der Waals surface area contributed by atoms with Gasteiger partial charge >= 0.3 is 11.9 Å². The molecule has 0 amide bonds. The van der Waals surface area contributed by atoms with Gasteiger partial charge in [0.25, 0.3) is 0 Å². The van der Waals surface area contributed by atoms with E-state index in [1.165, 1.54) is 0 Å². The summed E-state index contributed by atoms with van der Waals surface area (Å²) in [6, 6.07) is 42.7. The maximum absolute atomic E-state index is 12.5. The largest absolute Gasteiger partial charge is 0.493 e. The quantitative estimate of drug-likeness (QED) is 0.0522. The Morgan fingerprint density at radius 2 is 0.963 bits per heavy atom. The van der Waals surface area contributed by atoms with E-state index in [9.17, 15) is 9.59 Å². The Bertz CT molecular complexity index is 2260. The number of carbonyl (C=O) groups is 2. The Balaban J connectivity index is 1.06. The van der Waals surface area contributed by atoms with E-state index in [4.69, 9.17) is 28.4 Å². The van der Waals surface area contributed by atoms with E-state index in [1.807, 2.05) is 133 Å². The van der Waals surface area contributed by atoms with Gasteiger partial charge in [0.05, 0.1) is 26.1 Å². The van der Waals surface area contributed by atoms with Gasteiger partial charge in [0.2, 0.25) is 12.6 Å². The van der Waals surface area contributed by atoms with Crippen molar-refractivity contribution in [1.82, 2.24) is 0 Å². The summed E-state index contributed by atoms with van der Waals surface area (Å²) in [6.07, 6.45) is -1.20. The van der Waals surface area contributed by atoms with Gasteiger partial charge in [0, 0.05) is 16.7 Å². The third-order valence-corrected chi connectivity index (χ3v) is 8.44. The van der Waals surface area contributed by atoms with E-state index in [1.54, 1.807) is 13.8 Å². The summed E-state index contributed by atoms with van der Waals surface area (Å²) in [4.78, 5) is 24.8. The molecule has 6 rings (SSSR count). The van der Waals surface area contributed by atoms with Crippen LogP contribution in [0.1, 0.15) is 26.7 Å². The van der Waals surface area contributed by atoms with Crippen LogP contribution in [-0.2, 0) is 19.1 Å². The van der Waals surface area contributed by atoms with Crippen molar-refractivity contribution < 1.29 is 38.0 Å². The summed E-state index contributed by atoms with van der Waals surface area (Å²) < 4.78 is 35.7. The summed E-state index contributed by atoms with van der Waals surface area (Å²) in [5.41, 5.74) is 2.36. The molecular formula is C46H42O8. The van der Waals surface area contributed by atoms with Crippen molar-refractivity contribution in [2.75, 3.05) is 13.2 Å². The molecule has 274 valence electrons. The highest BCUT2D eigenvalue weighted by atomic mass is 16.7. The third-order valence-electron chi connectivity index (χ3n) is 8.44. The number of hydrogen-bond donors (Lipinski definition) is 0. The van der Waals surface area contributed by atoms with Crippen LogP contribution < -0.4 is 18.9 Å². The van der Waals surface area contributed by atoms with E-state index in [0.717, 1.165) is 32.7 Å². The van der Waals surface area contributed by atoms with Crippen molar-refractivity contribution >= 4 is 33.5 Å². The van der Waals surface area contributed by atoms with Crippen LogP contribution in [0.25, 0.3) is 32.7 Å². The fraction of sp³-hybridized carbons (Fsp3) is 0.174. The Morgan fingerprint density at radius 3 is 1.48 bits per heavy atom. The molecule has 6 aromatic carbocycles. The van der Waals surface area contributed by atoms with Gasteiger partial charge in [0.15, 0.2) is 0 Å². The van der Waals surface area contributed by atoms with Gasteiger partial charge < -0.3 is 28.4 Å². The molecule has 0 bridgehead atoms. The highest BCUT2D eigenvalue weighted by molar-refractivity contribution is 5.88. The monoisotopic (exact) mass is 722 g/mol. The lowest BCUT2D eigenvalue weighted by Gasteiger charge is -2.21. The standard InChI is InChI=1S/C46H42O8/c1-31(2)45(47)53-43(51-39-23-17-33-11-5-7-13-36(33)29-39)25-27-49-38-21-19-35(20-22-38)41-15-9-10-16-42(41)50-28-26-44(54-46(48)32(3)4)52-40-24-18-34-12-6-8-14-37(34)30-40/h5-24,29-30,43-44H,1,3,25-28H2,2,4H3. The second-order valence-corrected chi connectivity index (χ2v) is 12.8. The fourth-order valence-corrected chi connectivity index (χ4v) is 5.61. The zero-order chi connectivity index (χ0) is 37.9. The first kappa shape index (κ1) is 37.2. The van der Waals surface area contributed by atoms with Crippen molar-refractivity contribution in [1.29, 1.82) is 0 Å². The lowest BCUT2D eigenvalue weighted by atomic mass is 10.0. The first-order valence-corrected chi connectivity index (χ1v) is 17.7. The predicted molar refractivity (Wildman–Crippen MR) is 211 cm³/mol. The summed E-state index contributed by atoms with van der Waals surface area (Å²) in [5, 5.41) is 4.19. The number of benzene rings is 6. The van der Waals surface area contributed by atoms with Gasteiger partial charge in [-0.15, -0.1) is 0 Å². The number of carbonyl (C=O) groups excluding carboxylic acids is 2. The smallest absolute Gasteiger partial charge is 0.336 e. The zero-order valence-corrected chi connectivity index (χ0v) is 30.4. The minimum absolute atomic E-state index is 0.221. The maximum Gasteiger partial charge on any atom is 0.336 e. The predicted octanol–water partition coefficient (Wildman–Crippen LogP) is 10.2. The summed E-state index contributed by atoms with van der Waals surface area (Å²) in [6.45, 7) is 11.0. The van der Waals surface area contributed by atoms with E-state index in [-0.39, 0.29) is 37.2 Å². The zero-order valence-electron chi connectivity index (χ0n) is 30.4. The lowest BCUT2D eigenvalue weighted by molar-refractivity contribution is -0.161. The van der Waals surface area contributed by atoms with Gasteiger partial charge in [-0.3, -0.25) is 0 Å². The Kier molecular flexibility index (Phi) is 12.3. The molecule has 0 saturated heterocycles. The molecule has 2 unspecified atom stereocenters. The maximum atomic E-state index is 12.5. The van der Waals surface area contributed by atoms with Crippen LogP contribution in [0.5, 0.6) is 23.0 Å². The first-order valence-electron chi connectivity index (χ1n) is 17.7. The molecule has 6 aromatic rings. The minimum Gasteiger partial charge on any atom is -0.493 e. The van der Waals surface area contributed by atoms with Crippen LogP contribution in [-0.4, -0.2) is 37.7 Å². The molecule has 0 spiro atoms. The molecule has 54 heavy (non-hydrogen) atoms. The molecule has 0 aromatic heterocycles. The lowest BCUT2D eigenvalue weighted by Crippen LogP contribution is -2.27. The van der Waals surface area contributed by atoms with E-state index < -0.39 is 24.5 Å². The number of hydrogen-bond acceptors (Lipinski definition) is 8. The van der Waals surface area contributed by atoms with Gasteiger partial charge in [-0.2, -0.15) is 0 Å². The average Bonchev–Trinajstić information content (AvgIpc) is 3.18. The molecule has 0 radical (unpaired) electrons. The second kappa shape index (κ2) is 17.8. The molecule has 2 atom stereocenters. The summed E-state index contributed by atoms with van der Waals surface area (Å²) in [7, 11) is 0. The SMILES string of the molecule is C=C(C)C(=O)OC(CCOc1ccc(-c2ccccc2OCCC(OC(=O)C(=C)C)Oc2ccc3ccccc3c2)cc1)Oc1ccc2ccccc2c1. The highest BCUT2D eigenvalue weighted by Crippen LogP contribution is 2.32. The van der Waals surface area contributed by atoms with Crippen LogP contribution in [0.4, 0.5) is 0 Å². The normalized spacial score (nSPS) is 12.0. The van der Waals surface area contributed by atoms with Crippen LogP contribution in [0.2, 0.25) is 0 Å². The molecule has 0 heterocycles. The Morgan fingerprint density at radius 1 is 0.519 bits per heavy atom. The molecule has 0 aliphatic rings. The van der Waals surface area contributed by atoms with Gasteiger partial charge in [-0.1, -0.05) is 104 Å². The van der Waals surface area contributed by atoms with Gasteiger partial charge in [0.1, 0.15) is 23.0 Å². The molecule has 0 N–H and O–H groups in total. The molecule has 0 aliphatic carbocycles.